The van der Waals surface area contributed by atoms with Crippen LogP contribution in [-0.2, 0) is 16.6 Å². The number of carboxylic acid groups (broad SMARTS) is 1. The number of hydrogen-bond donors (Lipinski definition) is 2. The second kappa shape index (κ2) is 6.02. The van der Waals surface area contributed by atoms with Gasteiger partial charge >= 0.3 is 5.97 Å². The fourth-order valence-corrected chi connectivity index (χ4v) is 2.73. The summed E-state index contributed by atoms with van der Waals surface area (Å²) >= 11 is 0. The van der Waals surface area contributed by atoms with Crippen molar-refractivity contribution in [2.75, 3.05) is 0 Å². The topological polar surface area (TPSA) is 96.4 Å². The number of rotatable bonds is 5. The van der Waals surface area contributed by atoms with Crippen LogP contribution >= 0.6 is 0 Å². The lowest BCUT2D eigenvalue weighted by Crippen LogP contribution is -2.23. The minimum atomic E-state index is -3.70. The Kier molecular flexibility index (Phi) is 4.35. The molecule has 1 heterocycles. The van der Waals surface area contributed by atoms with Crippen LogP contribution < -0.4 is 4.72 Å². The third kappa shape index (κ3) is 3.87. The molecule has 0 atom stereocenters. The van der Waals surface area contributed by atoms with E-state index in [0.717, 1.165) is 5.69 Å². The minimum absolute atomic E-state index is 0.0140. The third-order valence-corrected chi connectivity index (χ3v) is 4.22. The highest BCUT2D eigenvalue weighted by Crippen LogP contribution is 2.11. The lowest BCUT2D eigenvalue weighted by atomic mass is 10.2. The van der Waals surface area contributed by atoms with E-state index >= 15 is 0 Å². The average Bonchev–Trinajstić information content (AvgIpc) is 2.45. The Balaban J connectivity index is 2.13. The summed E-state index contributed by atoms with van der Waals surface area (Å²) in [6.07, 6.45) is 0. The number of aromatic nitrogens is 1. The van der Waals surface area contributed by atoms with Gasteiger partial charge in [-0.2, -0.15) is 0 Å². The molecule has 0 amide bonds. The zero-order valence-electron chi connectivity index (χ0n) is 11.3. The molecule has 0 aliphatic carbocycles. The molecular weight excluding hydrogens is 292 g/mol. The Morgan fingerprint density at radius 2 is 1.86 bits per heavy atom. The summed E-state index contributed by atoms with van der Waals surface area (Å²) in [6.45, 7) is 1.90. The molecule has 0 bridgehead atoms. The summed E-state index contributed by atoms with van der Waals surface area (Å²) in [5.74, 6) is -1.10. The number of aryl methyl sites for hydroxylation is 1. The third-order valence-electron chi connectivity index (χ3n) is 2.80. The van der Waals surface area contributed by atoms with E-state index < -0.39 is 16.0 Å². The van der Waals surface area contributed by atoms with Crippen molar-refractivity contribution in [3.8, 4) is 0 Å². The maximum absolute atomic E-state index is 12.1. The number of benzene rings is 1. The van der Waals surface area contributed by atoms with Gasteiger partial charge in [0.25, 0.3) is 0 Å². The van der Waals surface area contributed by atoms with Gasteiger partial charge < -0.3 is 5.11 Å². The molecule has 0 radical (unpaired) electrons. The zero-order valence-corrected chi connectivity index (χ0v) is 12.1. The van der Waals surface area contributed by atoms with Crippen molar-refractivity contribution in [1.29, 1.82) is 0 Å². The Hall–Kier alpha value is -2.25. The van der Waals surface area contributed by atoms with Crippen LogP contribution in [0.3, 0.4) is 0 Å². The molecular formula is C14H14N2O4S. The minimum Gasteiger partial charge on any atom is -0.478 e. The maximum atomic E-state index is 12.1. The summed E-state index contributed by atoms with van der Waals surface area (Å²) < 4.78 is 26.6. The molecule has 2 aromatic rings. The highest BCUT2D eigenvalue weighted by atomic mass is 32.2. The van der Waals surface area contributed by atoms with E-state index in [0.29, 0.717) is 5.69 Å². The molecule has 2 rings (SSSR count). The second-order valence-electron chi connectivity index (χ2n) is 4.42. The van der Waals surface area contributed by atoms with Crippen LogP contribution in [0.5, 0.6) is 0 Å². The second-order valence-corrected chi connectivity index (χ2v) is 6.19. The van der Waals surface area contributed by atoms with E-state index in [4.69, 9.17) is 5.11 Å². The van der Waals surface area contributed by atoms with E-state index in [1.54, 1.807) is 12.1 Å². The van der Waals surface area contributed by atoms with Crippen LogP contribution in [0.4, 0.5) is 0 Å². The first-order valence-electron chi connectivity index (χ1n) is 6.14. The predicted octanol–water partition coefficient (Wildman–Crippen LogP) is 1.57. The van der Waals surface area contributed by atoms with E-state index in [-0.39, 0.29) is 17.0 Å². The SMILES string of the molecule is Cc1cccc(CNS(=O)(=O)c2ccc(C(=O)O)cc2)n1. The Morgan fingerprint density at radius 3 is 2.43 bits per heavy atom. The van der Waals surface area contributed by atoms with Crippen LogP contribution in [-0.4, -0.2) is 24.5 Å². The Labute approximate surface area is 122 Å². The van der Waals surface area contributed by atoms with Gasteiger partial charge in [0.05, 0.1) is 22.7 Å². The molecule has 0 aliphatic rings. The molecule has 1 aromatic carbocycles. The number of carboxylic acids is 1. The quantitative estimate of drug-likeness (QED) is 0.874. The summed E-state index contributed by atoms with van der Waals surface area (Å²) in [4.78, 5) is 14.9. The lowest BCUT2D eigenvalue weighted by Gasteiger charge is -2.07. The number of carbonyl (C=O) groups is 1. The summed E-state index contributed by atoms with van der Waals surface area (Å²) in [7, 11) is -3.70. The summed E-state index contributed by atoms with van der Waals surface area (Å²) in [5, 5.41) is 8.78. The van der Waals surface area contributed by atoms with Gasteiger partial charge in [-0.15, -0.1) is 0 Å². The van der Waals surface area contributed by atoms with Crippen molar-refractivity contribution in [3.63, 3.8) is 0 Å². The maximum Gasteiger partial charge on any atom is 0.335 e. The molecule has 1 aromatic heterocycles. The van der Waals surface area contributed by atoms with Crippen molar-refractivity contribution in [1.82, 2.24) is 9.71 Å². The Bertz CT molecular complexity index is 755. The van der Waals surface area contributed by atoms with Crippen molar-refractivity contribution in [3.05, 3.63) is 59.4 Å². The van der Waals surface area contributed by atoms with Crippen LogP contribution in [0, 0.1) is 6.92 Å². The van der Waals surface area contributed by atoms with Crippen LogP contribution in [0.2, 0.25) is 0 Å². The van der Waals surface area contributed by atoms with E-state index in [1.807, 2.05) is 13.0 Å². The van der Waals surface area contributed by atoms with Crippen LogP contribution in [0.25, 0.3) is 0 Å². The molecule has 0 spiro atoms. The first kappa shape index (κ1) is 15.1. The van der Waals surface area contributed by atoms with E-state index in [9.17, 15) is 13.2 Å². The Morgan fingerprint density at radius 1 is 1.19 bits per heavy atom. The van der Waals surface area contributed by atoms with Crippen LogP contribution in [0.1, 0.15) is 21.7 Å². The normalized spacial score (nSPS) is 11.3. The van der Waals surface area contributed by atoms with E-state index in [1.165, 1.54) is 24.3 Å². The smallest absolute Gasteiger partial charge is 0.335 e. The lowest BCUT2D eigenvalue weighted by molar-refractivity contribution is 0.0696. The van der Waals surface area contributed by atoms with Crippen molar-refractivity contribution < 1.29 is 18.3 Å². The summed E-state index contributed by atoms with van der Waals surface area (Å²) in [6, 6.07) is 10.4. The average molecular weight is 306 g/mol. The van der Waals surface area contributed by atoms with Gasteiger partial charge in [0, 0.05) is 5.69 Å². The summed E-state index contributed by atoms with van der Waals surface area (Å²) in [5.41, 5.74) is 1.45. The van der Waals surface area contributed by atoms with E-state index in [2.05, 4.69) is 9.71 Å². The number of aromatic carboxylic acids is 1. The highest BCUT2D eigenvalue weighted by Gasteiger charge is 2.14. The fraction of sp³-hybridized carbons (Fsp3) is 0.143. The largest absolute Gasteiger partial charge is 0.478 e. The molecule has 6 nitrogen and oxygen atoms in total. The van der Waals surface area contributed by atoms with Gasteiger partial charge in [0.2, 0.25) is 10.0 Å². The first-order valence-corrected chi connectivity index (χ1v) is 7.62. The van der Waals surface area contributed by atoms with Crippen molar-refractivity contribution in [2.45, 2.75) is 18.4 Å². The molecule has 0 saturated heterocycles. The molecule has 21 heavy (non-hydrogen) atoms. The number of sulfonamides is 1. The zero-order chi connectivity index (χ0) is 15.5. The monoisotopic (exact) mass is 306 g/mol. The van der Waals surface area contributed by atoms with Gasteiger partial charge in [-0.3, -0.25) is 4.98 Å². The fourth-order valence-electron chi connectivity index (χ4n) is 1.73. The number of pyridine rings is 1. The molecule has 2 N–H and O–H groups in total. The molecule has 110 valence electrons. The molecule has 0 saturated carbocycles. The predicted molar refractivity (Wildman–Crippen MR) is 76.4 cm³/mol. The van der Waals surface area contributed by atoms with Gasteiger partial charge in [0.1, 0.15) is 0 Å². The molecule has 0 unspecified atom stereocenters. The van der Waals surface area contributed by atoms with Gasteiger partial charge in [-0.05, 0) is 43.3 Å². The standard InChI is InChI=1S/C14H14N2O4S/c1-10-3-2-4-12(16-10)9-15-21(19,20)13-7-5-11(6-8-13)14(17)18/h2-8,15H,9H2,1H3,(H,17,18). The number of nitrogens with zero attached hydrogens (tertiary/aromatic N) is 1. The number of nitrogens with one attached hydrogen (secondary N) is 1. The first-order chi connectivity index (χ1) is 9.88. The van der Waals surface area contributed by atoms with Gasteiger partial charge in [0.15, 0.2) is 0 Å². The molecule has 0 aliphatic heterocycles. The molecule has 0 fully saturated rings. The van der Waals surface area contributed by atoms with Gasteiger partial charge in [-0.1, -0.05) is 6.07 Å². The van der Waals surface area contributed by atoms with Gasteiger partial charge in [-0.25, -0.2) is 17.9 Å². The van der Waals surface area contributed by atoms with Crippen molar-refractivity contribution >= 4 is 16.0 Å². The van der Waals surface area contributed by atoms with Crippen molar-refractivity contribution in [2.24, 2.45) is 0 Å². The van der Waals surface area contributed by atoms with Crippen LogP contribution in [0.15, 0.2) is 47.4 Å². The highest BCUT2D eigenvalue weighted by molar-refractivity contribution is 7.89. The number of hydrogen-bond acceptors (Lipinski definition) is 4. The molecule has 7 heteroatoms.